The van der Waals surface area contributed by atoms with E-state index in [0.717, 1.165) is 11.3 Å². The lowest BCUT2D eigenvalue weighted by Crippen LogP contribution is -1.97. The summed E-state index contributed by atoms with van der Waals surface area (Å²) in [5.74, 6) is 1.75. The Bertz CT molecular complexity index is 552. The number of hydrogen-bond acceptors (Lipinski definition) is 4. The lowest BCUT2D eigenvalue weighted by molar-refractivity contribution is 0.340. The van der Waals surface area contributed by atoms with E-state index in [1.807, 2.05) is 25.1 Å². The highest BCUT2D eigenvalue weighted by Crippen LogP contribution is 2.30. The van der Waals surface area contributed by atoms with E-state index < -0.39 is 0 Å². The van der Waals surface area contributed by atoms with Gasteiger partial charge in [-0.05, 0) is 32.0 Å². The quantitative estimate of drug-likeness (QED) is 0.924. The molecule has 2 rings (SSSR count). The minimum atomic E-state index is 0.447. The Labute approximate surface area is 111 Å². The minimum absolute atomic E-state index is 0.447. The number of halogens is 1. The standard InChI is InChI=1S/C13H14ClN3O/c1-3-18-12-5-4-9(6-10(12)14)11-7-13(15)17-8(2)16-11/h4-7H,3H2,1-2H3,(H2,15,16,17). The van der Waals surface area contributed by atoms with Crippen molar-refractivity contribution in [3.8, 4) is 17.0 Å². The fourth-order valence-corrected chi connectivity index (χ4v) is 1.91. The van der Waals surface area contributed by atoms with Gasteiger partial charge in [0.1, 0.15) is 17.4 Å². The molecule has 0 aliphatic carbocycles. The Balaban J connectivity index is 2.42. The monoisotopic (exact) mass is 263 g/mol. The zero-order chi connectivity index (χ0) is 13.1. The van der Waals surface area contributed by atoms with Gasteiger partial charge in [-0.2, -0.15) is 0 Å². The molecule has 4 nitrogen and oxygen atoms in total. The van der Waals surface area contributed by atoms with E-state index in [9.17, 15) is 0 Å². The van der Waals surface area contributed by atoms with E-state index in [1.54, 1.807) is 13.0 Å². The number of benzene rings is 1. The first kappa shape index (κ1) is 12.6. The number of nitrogens with two attached hydrogens (primary N) is 1. The van der Waals surface area contributed by atoms with Crippen molar-refractivity contribution in [3.63, 3.8) is 0 Å². The van der Waals surface area contributed by atoms with Gasteiger partial charge >= 0.3 is 0 Å². The molecule has 18 heavy (non-hydrogen) atoms. The smallest absolute Gasteiger partial charge is 0.137 e. The third-order valence-electron chi connectivity index (χ3n) is 2.39. The molecule has 0 saturated heterocycles. The first-order valence-corrected chi connectivity index (χ1v) is 6.02. The summed E-state index contributed by atoms with van der Waals surface area (Å²) in [5.41, 5.74) is 7.35. The van der Waals surface area contributed by atoms with Crippen LogP contribution in [0.1, 0.15) is 12.7 Å². The lowest BCUT2D eigenvalue weighted by atomic mass is 10.1. The van der Waals surface area contributed by atoms with Crippen molar-refractivity contribution in [3.05, 3.63) is 35.1 Å². The number of rotatable bonds is 3. The van der Waals surface area contributed by atoms with Gasteiger partial charge in [0.15, 0.2) is 0 Å². The molecule has 5 heteroatoms. The van der Waals surface area contributed by atoms with Crippen molar-refractivity contribution >= 4 is 17.4 Å². The van der Waals surface area contributed by atoms with Crippen LogP contribution in [0.5, 0.6) is 5.75 Å². The summed E-state index contributed by atoms with van der Waals surface area (Å²) >= 11 is 6.14. The van der Waals surface area contributed by atoms with Gasteiger partial charge in [-0.3, -0.25) is 0 Å². The van der Waals surface area contributed by atoms with Gasteiger partial charge in [0.2, 0.25) is 0 Å². The third kappa shape index (κ3) is 2.71. The Hall–Kier alpha value is -1.81. The molecule has 94 valence electrons. The lowest BCUT2D eigenvalue weighted by Gasteiger charge is -2.08. The molecule has 0 amide bonds. The van der Waals surface area contributed by atoms with Crippen LogP contribution in [0.15, 0.2) is 24.3 Å². The second kappa shape index (κ2) is 5.23. The fourth-order valence-electron chi connectivity index (χ4n) is 1.67. The highest BCUT2D eigenvalue weighted by Gasteiger charge is 2.07. The Morgan fingerprint density at radius 3 is 2.67 bits per heavy atom. The van der Waals surface area contributed by atoms with E-state index in [4.69, 9.17) is 22.1 Å². The molecular weight excluding hydrogens is 250 g/mol. The summed E-state index contributed by atoms with van der Waals surface area (Å²) < 4.78 is 5.39. The van der Waals surface area contributed by atoms with Gasteiger partial charge in [-0.25, -0.2) is 9.97 Å². The van der Waals surface area contributed by atoms with Gasteiger partial charge in [-0.1, -0.05) is 11.6 Å². The van der Waals surface area contributed by atoms with Crippen LogP contribution in [0.25, 0.3) is 11.3 Å². The predicted molar refractivity (Wildman–Crippen MR) is 72.8 cm³/mol. The maximum Gasteiger partial charge on any atom is 0.137 e. The van der Waals surface area contributed by atoms with Crippen LogP contribution in [0.3, 0.4) is 0 Å². The van der Waals surface area contributed by atoms with Crippen molar-refractivity contribution in [1.29, 1.82) is 0 Å². The number of ether oxygens (including phenoxy) is 1. The molecule has 2 aromatic rings. The van der Waals surface area contributed by atoms with Crippen LogP contribution in [0.4, 0.5) is 5.82 Å². The molecule has 0 aliphatic heterocycles. The molecule has 0 radical (unpaired) electrons. The summed E-state index contributed by atoms with van der Waals surface area (Å²) in [4.78, 5) is 8.37. The van der Waals surface area contributed by atoms with Crippen molar-refractivity contribution in [1.82, 2.24) is 9.97 Å². The number of anilines is 1. The van der Waals surface area contributed by atoms with Crippen molar-refractivity contribution in [2.75, 3.05) is 12.3 Å². The van der Waals surface area contributed by atoms with E-state index >= 15 is 0 Å². The number of aryl methyl sites for hydroxylation is 1. The summed E-state index contributed by atoms with van der Waals surface area (Å²) in [7, 11) is 0. The fraction of sp³-hybridized carbons (Fsp3) is 0.231. The summed E-state index contributed by atoms with van der Waals surface area (Å²) in [5, 5.41) is 0.559. The van der Waals surface area contributed by atoms with E-state index in [-0.39, 0.29) is 0 Å². The molecule has 0 bridgehead atoms. The summed E-state index contributed by atoms with van der Waals surface area (Å²) in [6.45, 7) is 4.30. The topological polar surface area (TPSA) is 61.0 Å². The number of nitrogens with zero attached hydrogens (tertiary/aromatic N) is 2. The summed E-state index contributed by atoms with van der Waals surface area (Å²) in [6, 6.07) is 7.26. The van der Waals surface area contributed by atoms with Crippen LogP contribution >= 0.6 is 11.6 Å². The summed E-state index contributed by atoms with van der Waals surface area (Å²) in [6.07, 6.45) is 0. The van der Waals surface area contributed by atoms with Crippen molar-refractivity contribution in [2.24, 2.45) is 0 Å². The molecule has 0 aliphatic rings. The Morgan fingerprint density at radius 1 is 1.28 bits per heavy atom. The third-order valence-corrected chi connectivity index (χ3v) is 2.68. The molecular formula is C13H14ClN3O. The highest BCUT2D eigenvalue weighted by molar-refractivity contribution is 6.32. The maximum atomic E-state index is 6.14. The van der Waals surface area contributed by atoms with Crippen LogP contribution in [0.2, 0.25) is 5.02 Å². The van der Waals surface area contributed by atoms with Crippen molar-refractivity contribution < 1.29 is 4.74 Å². The number of aromatic nitrogens is 2. The van der Waals surface area contributed by atoms with Crippen LogP contribution < -0.4 is 10.5 Å². The molecule has 0 spiro atoms. The zero-order valence-electron chi connectivity index (χ0n) is 10.3. The Kier molecular flexibility index (Phi) is 3.67. The largest absolute Gasteiger partial charge is 0.492 e. The van der Waals surface area contributed by atoms with Gasteiger partial charge in [0, 0.05) is 11.6 Å². The number of hydrogen-bond donors (Lipinski definition) is 1. The highest BCUT2D eigenvalue weighted by atomic mass is 35.5. The first-order valence-electron chi connectivity index (χ1n) is 5.64. The average molecular weight is 264 g/mol. The van der Waals surface area contributed by atoms with Crippen LogP contribution in [0, 0.1) is 6.92 Å². The molecule has 0 saturated carbocycles. The molecule has 1 heterocycles. The molecule has 1 aromatic carbocycles. The van der Waals surface area contributed by atoms with Gasteiger partial charge in [0.25, 0.3) is 0 Å². The second-order valence-corrected chi connectivity index (χ2v) is 4.21. The zero-order valence-corrected chi connectivity index (χ0v) is 11.0. The average Bonchev–Trinajstić information content (AvgIpc) is 2.30. The molecule has 0 atom stereocenters. The normalized spacial score (nSPS) is 10.4. The van der Waals surface area contributed by atoms with Gasteiger partial charge in [-0.15, -0.1) is 0 Å². The maximum absolute atomic E-state index is 6.14. The van der Waals surface area contributed by atoms with Gasteiger partial charge in [0.05, 0.1) is 17.3 Å². The molecule has 0 fully saturated rings. The van der Waals surface area contributed by atoms with Gasteiger partial charge < -0.3 is 10.5 Å². The predicted octanol–water partition coefficient (Wildman–Crippen LogP) is 3.09. The SMILES string of the molecule is CCOc1ccc(-c2cc(N)nc(C)n2)cc1Cl. The second-order valence-electron chi connectivity index (χ2n) is 3.80. The van der Waals surface area contributed by atoms with E-state index in [2.05, 4.69) is 9.97 Å². The van der Waals surface area contributed by atoms with E-state index in [1.165, 1.54) is 0 Å². The Morgan fingerprint density at radius 2 is 2.06 bits per heavy atom. The number of nitrogen functional groups attached to an aromatic ring is 1. The minimum Gasteiger partial charge on any atom is -0.492 e. The first-order chi connectivity index (χ1) is 8.60. The van der Waals surface area contributed by atoms with Crippen LogP contribution in [-0.4, -0.2) is 16.6 Å². The van der Waals surface area contributed by atoms with Crippen molar-refractivity contribution in [2.45, 2.75) is 13.8 Å². The van der Waals surface area contributed by atoms with Crippen LogP contribution in [-0.2, 0) is 0 Å². The van der Waals surface area contributed by atoms with E-state index in [0.29, 0.717) is 29.0 Å². The molecule has 1 aromatic heterocycles. The molecule has 2 N–H and O–H groups in total. The molecule has 0 unspecified atom stereocenters.